The van der Waals surface area contributed by atoms with E-state index in [2.05, 4.69) is 56.6 Å². The molecule has 1 aromatic carbocycles. The van der Waals surface area contributed by atoms with Gasteiger partial charge in [-0.15, -0.1) is 24.0 Å². The molecule has 2 heterocycles. The van der Waals surface area contributed by atoms with E-state index in [0.717, 1.165) is 37.2 Å². The van der Waals surface area contributed by atoms with Gasteiger partial charge in [-0.2, -0.15) is 4.98 Å². The first-order valence-electron chi connectivity index (χ1n) is 10.8. The highest BCUT2D eigenvalue weighted by molar-refractivity contribution is 14.0. The first-order valence-corrected chi connectivity index (χ1v) is 10.8. The molecule has 2 aromatic rings. The molecule has 31 heavy (non-hydrogen) atoms. The van der Waals surface area contributed by atoms with Crippen molar-refractivity contribution in [3.05, 3.63) is 41.5 Å². The molecule has 1 aliphatic rings. The third-order valence-electron chi connectivity index (χ3n) is 5.40. The van der Waals surface area contributed by atoms with E-state index in [4.69, 9.17) is 9.26 Å². The summed E-state index contributed by atoms with van der Waals surface area (Å²) in [5, 5.41) is 10.8. The largest absolute Gasteiger partial charge is 0.497 e. The van der Waals surface area contributed by atoms with Gasteiger partial charge in [0.1, 0.15) is 5.75 Å². The Labute approximate surface area is 202 Å². The van der Waals surface area contributed by atoms with Crippen molar-refractivity contribution < 1.29 is 9.26 Å². The Hall–Kier alpha value is -1.88. The second kappa shape index (κ2) is 12.8. The summed E-state index contributed by atoms with van der Waals surface area (Å²) in [5.74, 6) is 3.32. The third-order valence-corrected chi connectivity index (χ3v) is 5.40. The summed E-state index contributed by atoms with van der Waals surface area (Å²) in [6, 6.07) is 8.66. The number of methoxy groups -OCH3 is 1. The Bertz CT molecular complexity index is 803. The molecule has 1 fully saturated rings. The highest BCUT2D eigenvalue weighted by atomic mass is 127. The lowest BCUT2D eigenvalue weighted by Crippen LogP contribution is -2.43. The molecule has 0 radical (unpaired) electrons. The lowest BCUT2D eigenvalue weighted by atomic mass is 10.1. The van der Waals surface area contributed by atoms with Gasteiger partial charge in [0, 0.05) is 32.5 Å². The van der Waals surface area contributed by atoms with Crippen LogP contribution in [-0.2, 0) is 6.42 Å². The van der Waals surface area contributed by atoms with Crippen LogP contribution in [0, 0.1) is 0 Å². The van der Waals surface area contributed by atoms with E-state index < -0.39 is 0 Å². The summed E-state index contributed by atoms with van der Waals surface area (Å²) in [5.41, 5.74) is 1.28. The predicted octanol–water partition coefficient (Wildman–Crippen LogP) is 3.36. The summed E-state index contributed by atoms with van der Waals surface area (Å²) in [6.45, 7) is 7.82. The fraction of sp³-hybridized carbons (Fsp3) is 0.591. The average Bonchev–Trinajstić information content (AvgIpc) is 3.45. The van der Waals surface area contributed by atoms with Crippen LogP contribution in [0.15, 0.2) is 33.8 Å². The van der Waals surface area contributed by atoms with Crippen LogP contribution in [0.5, 0.6) is 5.75 Å². The number of rotatable bonds is 9. The number of nitrogens with zero attached hydrogens (tertiary/aromatic N) is 4. The van der Waals surface area contributed by atoms with Gasteiger partial charge >= 0.3 is 0 Å². The molecule has 0 amide bonds. The minimum Gasteiger partial charge on any atom is -0.497 e. The second-order valence-corrected chi connectivity index (χ2v) is 7.86. The number of aliphatic imine (C=N–C) groups is 1. The summed E-state index contributed by atoms with van der Waals surface area (Å²) in [6.07, 6.45) is 3.17. The fourth-order valence-corrected chi connectivity index (χ4v) is 3.64. The van der Waals surface area contributed by atoms with E-state index >= 15 is 0 Å². The van der Waals surface area contributed by atoms with Crippen LogP contribution in [0.3, 0.4) is 0 Å². The van der Waals surface area contributed by atoms with E-state index in [0.29, 0.717) is 24.9 Å². The van der Waals surface area contributed by atoms with E-state index in [9.17, 15) is 0 Å². The quantitative estimate of drug-likeness (QED) is 0.286. The third kappa shape index (κ3) is 7.34. The van der Waals surface area contributed by atoms with E-state index in [1.165, 1.54) is 18.4 Å². The summed E-state index contributed by atoms with van der Waals surface area (Å²) < 4.78 is 10.6. The van der Waals surface area contributed by atoms with Crippen molar-refractivity contribution in [2.24, 2.45) is 4.99 Å². The van der Waals surface area contributed by atoms with Crippen molar-refractivity contribution in [3.63, 3.8) is 0 Å². The Morgan fingerprint density at radius 3 is 2.48 bits per heavy atom. The van der Waals surface area contributed by atoms with Crippen LogP contribution < -0.4 is 15.4 Å². The topological polar surface area (TPSA) is 87.8 Å². The first kappa shape index (κ1) is 25.4. The van der Waals surface area contributed by atoms with Crippen molar-refractivity contribution in [1.29, 1.82) is 0 Å². The number of benzene rings is 1. The number of hydrogen-bond acceptors (Lipinski definition) is 6. The molecule has 8 nitrogen and oxygen atoms in total. The zero-order valence-electron chi connectivity index (χ0n) is 18.9. The molecular formula is C22H35IN6O2. The number of ether oxygens (including phenoxy) is 1. The Balaban J connectivity index is 0.00000341. The van der Waals surface area contributed by atoms with Crippen molar-refractivity contribution in [2.75, 3.05) is 40.3 Å². The van der Waals surface area contributed by atoms with Gasteiger partial charge in [-0.25, -0.2) is 0 Å². The molecule has 1 atom stereocenters. The van der Waals surface area contributed by atoms with Crippen LogP contribution in [0.25, 0.3) is 0 Å². The maximum Gasteiger partial charge on any atom is 0.228 e. The standard InChI is InChI=1S/C22H34N6O2.HI/c1-16(2)21-26-20(30-27-21)11-12-24-22(23-3)25-15-19(28-13-5-6-14-28)17-7-9-18(29-4)10-8-17;/h7-10,16,19H,5-6,11-15H2,1-4H3,(H2,23,24,25);1H. The number of guanidine groups is 1. The van der Waals surface area contributed by atoms with Gasteiger partial charge in [0.15, 0.2) is 11.8 Å². The van der Waals surface area contributed by atoms with Gasteiger partial charge < -0.3 is 19.9 Å². The lowest BCUT2D eigenvalue weighted by Gasteiger charge is -2.29. The molecule has 1 saturated heterocycles. The molecule has 1 aromatic heterocycles. The maximum atomic E-state index is 5.31. The van der Waals surface area contributed by atoms with Gasteiger partial charge in [0.25, 0.3) is 0 Å². The molecule has 1 unspecified atom stereocenters. The Kier molecular flexibility index (Phi) is 10.5. The normalized spacial score (nSPS) is 15.6. The van der Waals surface area contributed by atoms with Crippen LogP contribution in [0.1, 0.15) is 55.9 Å². The average molecular weight is 542 g/mol. The van der Waals surface area contributed by atoms with Crippen molar-refractivity contribution in [2.45, 2.75) is 45.1 Å². The molecule has 0 spiro atoms. The Morgan fingerprint density at radius 1 is 1.19 bits per heavy atom. The lowest BCUT2D eigenvalue weighted by molar-refractivity contribution is 0.245. The molecular weight excluding hydrogens is 507 g/mol. The van der Waals surface area contributed by atoms with Gasteiger partial charge in [-0.05, 0) is 43.6 Å². The zero-order chi connectivity index (χ0) is 21.3. The van der Waals surface area contributed by atoms with E-state index in [1.807, 2.05) is 12.1 Å². The fourth-order valence-electron chi connectivity index (χ4n) is 3.64. The van der Waals surface area contributed by atoms with E-state index in [1.54, 1.807) is 14.2 Å². The molecule has 0 aliphatic carbocycles. The molecule has 2 N–H and O–H groups in total. The smallest absolute Gasteiger partial charge is 0.228 e. The van der Waals surface area contributed by atoms with Gasteiger partial charge in [0.2, 0.25) is 5.89 Å². The zero-order valence-corrected chi connectivity index (χ0v) is 21.3. The van der Waals surface area contributed by atoms with Gasteiger partial charge in [-0.1, -0.05) is 31.1 Å². The van der Waals surface area contributed by atoms with Crippen LogP contribution in [0.2, 0.25) is 0 Å². The van der Waals surface area contributed by atoms with Gasteiger partial charge in [0.05, 0.1) is 13.2 Å². The predicted molar refractivity (Wildman–Crippen MR) is 133 cm³/mol. The molecule has 0 bridgehead atoms. The Morgan fingerprint density at radius 2 is 1.90 bits per heavy atom. The summed E-state index contributed by atoms with van der Waals surface area (Å²) in [4.78, 5) is 11.3. The van der Waals surface area contributed by atoms with Crippen molar-refractivity contribution in [1.82, 2.24) is 25.7 Å². The van der Waals surface area contributed by atoms with Crippen LogP contribution in [-0.4, -0.2) is 61.3 Å². The highest BCUT2D eigenvalue weighted by Crippen LogP contribution is 2.26. The minimum absolute atomic E-state index is 0. The minimum atomic E-state index is 0. The van der Waals surface area contributed by atoms with Crippen LogP contribution >= 0.6 is 24.0 Å². The summed E-state index contributed by atoms with van der Waals surface area (Å²) in [7, 11) is 3.49. The van der Waals surface area contributed by atoms with Crippen molar-refractivity contribution in [3.8, 4) is 5.75 Å². The molecule has 9 heteroatoms. The molecule has 172 valence electrons. The van der Waals surface area contributed by atoms with E-state index in [-0.39, 0.29) is 29.9 Å². The highest BCUT2D eigenvalue weighted by Gasteiger charge is 2.23. The van der Waals surface area contributed by atoms with Crippen molar-refractivity contribution >= 4 is 29.9 Å². The summed E-state index contributed by atoms with van der Waals surface area (Å²) >= 11 is 0. The number of aromatic nitrogens is 2. The number of likely N-dealkylation sites (tertiary alicyclic amines) is 1. The molecule has 3 rings (SSSR count). The monoisotopic (exact) mass is 542 g/mol. The molecule has 1 aliphatic heterocycles. The molecule has 0 saturated carbocycles. The number of nitrogens with one attached hydrogen (secondary N) is 2. The SMILES string of the molecule is CN=C(NCCc1nc(C(C)C)no1)NCC(c1ccc(OC)cc1)N1CCCC1.I. The van der Waals surface area contributed by atoms with Gasteiger partial charge in [-0.3, -0.25) is 9.89 Å². The second-order valence-electron chi connectivity index (χ2n) is 7.86. The maximum absolute atomic E-state index is 5.31. The van der Waals surface area contributed by atoms with Crippen LogP contribution in [0.4, 0.5) is 0 Å². The first-order chi connectivity index (χ1) is 14.6. The number of halogens is 1. The number of hydrogen-bond donors (Lipinski definition) is 2.